The summed E-state index contributed by atoms with van der Waals surface area (Å²) in [6.45, 7) is 5.90. The van der Waals surface area contributed by atoms with E-state index in [-0.39, 0.29) is 23.8 Å². The second kappa shape index (κ2) is 7.32. The molecule has 1 aromatic heterocycles. The molecule has 1 heterocycles. The summed E-state index contributed by atoms with van der Waals surface area (Å²) in [6.07, 6.45) is 3.07. The number of amides is 2. The maximum Gasteiger partial charge on any atom is 0.254 e. The third-order valence-electron chi connectivity index (χ3n) is 5.38. The van der Waals surface area contributed by atoms with Gasteiger partial charge in [0, 0.05) is 35.5 Å². The summed E-state index contributed by atoms with van der Waals surface area (Å²) in [6, 6.07) is 7.01. The van der Waals surface area contributed by atoms with Gasteiger partial charge in [-0.1, -0.05) is 6.42 Å². The maximum absolute atomic E-state index is 12.8. The number of aryl methyl sites for hydroxylation is 2. The summed E-state index contributed by atoms with van der Waals surface area (Å²) < 4.78 is 0. The highest BCUT2D eigenvalue weighted by Gasteiger charge is 2.26. The van der Waals surface area contributed by atoms with Crippen molar-refractivity contribution in [3.8, 4) is 0 Å². The Morgan fingerprint density at radius 1 is 1.23 bits per heavy atom. The van der Waals surface area contributed by atoms with Crippen LogP contribution in [-0.2, 0) is 4.79 Å². The van der Waals surface area contributed by atoms with Crippen LogP contribution in [0.4, 0.5) is 5.69 Å². The van der Waals surface area contributed by atoms with Gasteiger partial charge < -0.3 is 10.2 Å². The van der Waals surface area contributed by atoms with Crippen molar-refractivity contribution in [2.45, 2.75) is 46.1 Å². The molecule has 2 N–H and O–H groups in total. The van der Waals surface area contributed by atoms with Gasteiger partial charge in [0.15, 0.2) is 0 Å². The van der Waals surface area contributed by atoms with E-state index >= 15 is 0 Å². The smallest absolute Gasteiger partial charge is 0.254 e. The van der Waals surface area contributed by atoms with E-state index in [9.17, 15) is 9.59 Å². The first-order valence-electron chi connectivity index (χ1n) is 9.08. The summed E-state index contributed by atoms with van der Waals surface area (Å²) in [5.41, 5.74) is 4.26. The van der Waals surface area contributed by atoms with E-state index < -0.39 is 0 Å². The number of carbonyl (C=O) groups is 2. The fourth-order valence-electron chi connectivity index (χ4n) is 3.36. The fraction of sp³-hybridized carbons (Fsp3) is 0.450. The minimum Gasteiger partial charge on any atom is -0.335 e. The third-order valence-corrected chi connectivity index (χ3v) is 5.38. The van der Waals surface area contributed by atoms with Gasteiger partial charge in [-0.3, -0.25) is 14.7 Å². The normalized spacial score (nSPS) is 15.2. The summed E-state index contributed by atoms with van der Waals surface area (Å²) in [5.74, 6) is 0.158. The Morgan fingerprint density at radius 2 is 1.88 bits per heavy atom. The SMILES string of the molecule is Cc1n[nH]c(C)c1C(C)N(C)C(=O)c1ccc(NC(=O)C2CCC2)cc1. The van der Waals surface area contributed by atoms with Crippen molar-refractivity contribution in [1.82, 2.24) is 15.1 Å². The molecule has 1 aliphatic carbocycles. The molecular weight excluding hydrogens is 328 g/mol. The lowest BCUT2D eigenvalue weighted by Crippen LogP contribution is -2.30. The standard InChI is InChI=1S/C20H26N4O2/c1-12-18(13(2)23-22-12)14(3)24(4)20(26)16-8-10-17(11-9-16)21-19(25)15-6-5-7-15/h8-11,14-15H,5-7H2,1-4H3,(H,21,25)(H,22,23). The van der Waals surface area contributed by atoms with Crippen LogP contribution < -0.4 is 5.32 Å². The average Bonchev–Trinajstić information content (AvgIpc) is 2.90. The second-order valence-electron chi connectivity index (χ2n) is 7.13. The van der Waals surface area contributed by atoms with Gasteiger partial charge in [0.2, 0.25) is 5.91 Å². The highest BCUT2D eigenvalue weighted by atomic mass is 16.2. The fourth-order valence-corrected chi connectivity index (χ4v) is 3.36. The Balaban J connectivity index is 1.68. The maximum atomic E-state index is 12.8. The monoisotopic (exact) mass is 354 g/mol. The number of anilines is 1. The van der Waals surface area contributed by atoms with Crippen LogP contribution in [0.25, 0.3) is 0 Å². The topological polar surface area (TPSA) is 78.1 Å². The van der Waals surface area contributed by atoms with Gasteiger partial charge in [0.25, 0.3) is 5.91 Å². The number of hydrogen-bond donors (Lipinski definition) is 2. The van der Waals surface area contributed by atoms with E-state index in [1.807, 2.05) is 20.8 Å². The summed E-state index contributed by atoms with van der Waals surface area (Å²) in [7, 11) is 1.80. The molecule has 2 amide bonds. The lowest BCUT2D eigenvalue weighted by atomic mass is 9.85. The van der Waals surface area contributed by atoms with Gasteiger partial charge in [-0.25, -0.2) is 0 Å². The molecule has 0 spiro atoms. The number of benzene rings is 1. The lowest BCUT2D eigenvalue weighted by Gasteiger charge is -2.26. The summed E-state index contributed by atoms with van der Waals surface area (Å²) in [5, 5.41) is 10.1. The van der Waals surface area contributed by atoms with Crippen LogP contribution in [0.3, 0.4) is 0 Å². The minimum absolute atomic E-state index is 0.0608. The zero-order valence-corrected chi connectivity index (χ0v) is 15.8. The number of nitrogens with one attached hydrogen (secondary N) is 2. The number of nitrogens with zero attached hydrogens (tertiary/aromatic N) is 2. The Morgan fingerprint density at radius 3 is 2.38 bits per heavy atom. The molecule has 0 bridgehead atoms. The average molecular weight is 354 g/mol. The van der Waals surface area contributed by atoms with Crippen LogP contribution in [0.15, 0.2) is 24.3 Å². The van der Waals surface area contributed by atoms with Crippen molar-refractivity contribution >= 4 is 17.5 Å². The van der Waals surface area contributed by atoms with Crippen molar-refractivity contribution in [3.63, 3.8) is 0 Å². The van der Waals surface area contributed by atoms with Gasteiger partial charge in [0.1, 0.15) is 0 Å². The molecule has 1 aliphatic rings. The molecule has 1 fully saturated rings. The Labute approximate surface area is 154 Å². The molecule has 6 heteroatoms. The number of hydrogen-bond acceptors (Lipinski definition) is 3. The van der Waals surface area contributed by atoms with Gasteiger partial charge >= 0.3 is 0 Å². The Bertz CT molecular complexity index is 786. The Kier molecular flexibility index (Phi) is 5.11. The van der Waals surface area contributed by atoms with E-state index in [1.54, 1.807) is 36.2 Å². The molecule has 26 heavy (non-hydrogen) atoms. The third kappa shape index (κ3) is 3.49. The van der Waals surface area contributed by atoms with E-state index in [0.29, 0.717) is 5.56 Å². The number of aromatic amines is 1. The molecule has 0 saturated heterocycles. The summed E-state index contributed by atoms with van der Waals surface area (Å²) >= 11 is 0. The minimum atomic E-state index is -0.0840. The number of carbonyl (C=O) groups excluding carboxylic acids is 2. The van der Waals surface area contributed by atoms with E-state index in [0.717, 1.165) is 41.9 Å². The molecule has 0 aliphatic heterocycles. The van der Waals surface area contributed by atoms with Gasteiger partial charge in [-0.15, -0.1) is 0 Å². The quantitative estimate of drug-likeness (QED) is 0.861. The first-order chi connectivity index (χ1) is 12.4. The first-order valence-corrected chi connectivity index (χ1v) is 9.08. The van der Waals surface area contributed by atoms with Crippen LogP contribution in [0.5, 0.6) is 0 Å². The molecular formula is C20H26N4O2. The van der Waals surface area contributed by atoms with Gasteiger partial charge in [-0.05, 0) is 57.9 Å². The molecule has 2 aromatic rings. The molecule has 138 valence electrons. The van der Waals surface area contributed by atoms with Crippen LogP contribution in [0, 0.1) is 19.8 Å². The lowest BCUT2D eigenvalue weighted by molar-refractivity contribution is -0.122. The van der Waals surface area contributed by atoms with Crippen LogP contribution >= 0.6 is 0 Å². The highest BCUT2D eigenvalue weighted by molar-refractivity contribution is 5.96. The van der Waals surface area contributed by atoms with E-state index in [2.05, 4.69) is 15.5 Å². The number of rotatable bonds is 5. The molecule has 1 unspecified atom stereocenters. The molecule has 1 atom stereocenters. The number of H-pyrrole nitrogens is 1. The van der Waals surface area contributed by atoms with Crippen molar-refractivity contribution in [3.05, 3.63) is 46.8 Å². The Hall–Kier alpha value is -2.63. The predicted molar refractivity (Wildman–Crippen MR) is 101 cm³/mol. The zero-order chi connectivity index (χ0) is 18.8. The number of aromatic nitrogens is 2. The van der Waals surface area contributed by atoms with Crippen LogP contribution in [-0.4, -0.2) is 34.0 Å². The highest BCUT2D eigenvalue weighted by Crippen LogP contribution is 2.28. The van der Waals surface area contributed by atoms with Crippen molar-refractivity contribution < 1.29 is 9.59 Å². The second-order valence-corrected chi connectivity index (χ2v) is 7.13. The molecule has 1 aromatic carbocycles. The van der Waals surface area contributed by atoms with Crippen LogP contribution in [0.1, 0.15) is 59.5 Å². The van der Waals surface area contributed by atoms with Gasteiger partial charge in [-0.2, -0.15) is 5.10 Å². The van der Waals surface area contributed by atoms with E-state index in [1.165, 1.54) is 0 Å². The first kappa shape index (κ1) is 18.2. The molecule has 0 radical (unpaired) electrons. The van der Waals surface area contributed by atoms with Gasteiger partial charge in [0.05, 0.1) is 11.7 Å². The van der Waals surface area contributed by atoms with E-state index in [4.69, 9.17) is 0 Å². The van der Waals surface area contributed by atoms with Crippen molar-refractivity contribution in [1.29, 1.82) is 0 Å². The predicted octanol–water partition coefficient (Wildman–Crippen LogP) is 3.60. The molecule has 3 rings (SSSR count). The zero-order valence-electron chi connectivity index (χ0n) is 15.8. The largest absolute Gasteiger partial charge is 0.335 e. The molecule has 6 nitrogen and oxygen atoms in total. The summed E-state index contributed by atoms with van der Waals surface area (Å²) in [4.78, 5) is 26.5. The van der Waals surface area contributed by atoms with Crippen molar-refractivity contribution in [2.75, 3.05) is 12.4 Å². The molecule has 1 saturated carbocycles. The van der Waals surface area contributed by atoms with Crippen LogP contribution in [0.2, 0.25) is 0 Å². The van der Waals surface area contributed by atoms with Crippen molar-refractivity contribution in [2.24, 2.45) is 5.92 Å².